The second-order valence-corrected chi connectivity index (χ2v) is 7.47. The molecule has 0 bridgehead atoms. The van der Waals surface area contributed by atoms with Gasteiger partial charge in [-0.2, -0.15) is 0 Å². The third-order valence-corrected chi connectivity index (χ3v) is 5.54. The van der Waals surface area contributed by atoms with E-state index in [9.17, 15) is 13.2 Å². The van der Waals surface area contributed by atoms with Gasteiger partial charge in [0.25, 0.3) is 10.0 Å². The van der Waals surface area contributed by atoms with Crippen LogP contribution in [0.4, 0.5) is 11.4 Å². The number of hydrogen-bond donors (Lipinski definition) is 1. The lowest BCUT2D eigenvalue weighted by Crippen LogP contribution is -2.36. The van der Waals surface area contributed by atoms with Gasteiger partial charge in [0.1, 0.15) is 28.8 Å². The van der Waals surface area contributed by atoms with Gasteiger partial charge in [0, 0.05) is 19.1 Å². The van der Waals surface area contributed by atoms with Gasteiger partial charge in [-0.15, -0.1) is 0 Å². The number of rotatable bonds is 5. The molecule has 0 radical (unpaired) electrons. The van der Waals surface area contributed by atoms with Gasteiger partial charge in [0.05, 0.1) is 32.1 Å². The van der Waals surface area contributed by atoms with E-state index in [0.717, 1.165) is 0 Å². The highest BCUT2D eigenvalue weighted by Crippen LogP contribution is 2.36. The van der Waals surface area contributed by atoms with Crippen LogP contribution in [-0.4, -0.2) is 41.7 Å². The third-order valence-electron chi connectivity index (χ3n) is 4.12. The number of sulfonamides is 1. The Morgan fingerprint density at radius 2 is 1.93 bits per heavy atom. The molecular weight excluding hydrogens is 372 g/mol. The predicted molar refractivity (Wildman–Crippen MR) is 100 cm³/mol. The fraction of sp³-hybridized carbons (Fsp3) is 0.278. The molecule has 9 heteroatoms. The van der Waals surface area contributed by atoms with E-state index in [4.69, 9.17) is 14.2 Å². The molecule has 0 aliphatic carbocycles. The van der Waals surface area contributed by atoms with Crippen LogP contribution in [0.5, 0.6) is 17.2 Å². The fourth-order valence-corrected chi connectivity index (χ4v) is 4.02. The molecule has 0 atom stereocenters. The molecule has 0 unspecified atom stereocenters. The summed E-state index contributed by atoms with van der Waals surface area (Å²) >= 11 is 0. The van der Waals surface area contributed by atoms with Gasteiger partial charge in [-0.3, -0.25) is 9.52 Å². The maximum absolute atomic E-state index is 12.8. The zero-order valence-corrected chi connectivity index (χ0v) is 16.0. The van der Waals surface area contributed by atoms with E-state index in [0.29, 0.717) is 36.0 Å². The lowest BCUT2D eigenvalue weighted by Gasteiger charge is -2.29. The quantitative estimate of drug-likeness (QED) is 0.839. The van der Waals surface area contributed by atoms with Gasteiger partial charge in [0.15, 0.2) is 0 Å². The first kappa shape index (κ1) is 18.8. The molecular formula is C18H20N2O6S. The van der Waals surface area contributed by atoms with Crippen LogP contribution in [0.3, 0.4) is 0 Å². The molecule has 8 nitrogen and oxygen atoms in total. The molecule has 0 spiro atoms. The summed E-state index contributed by atoms with van der Waals surface area (Å²) in [7, 11) is -1.03. The second-order valence-electron chi connectivity index (χ2n) is 5.82. The van der Waals surface area contributed by atoms with Crippen LogP contribution in [0.15, 0.2) is 41.3 Å². The maximum atomic E-state index is 12.8. The number of amides is 1. The van der Waals surface area contributed by atoms with Crippen molar-refractivity contribution in [1.82, 2.24) is 0 Å². The number of ether oxygens (including phenoxy) is 3. The molecule has 2 aromatic carbocycles. The van der Waals surface area contributed by atoms with Crippen LogP contribution in [-0.2, 0) is 14.8 Å². The zero-order chi connectivity index (χ0) is 19.6. The molecule has 0 aromatic heterocycles. The number of anilines is 2. The first-order valence-electron chi connectivity index (χ1n) is 8.15. The van der Waals surface area contributed by atoms with E-state index >= 15 is 0 Å². The Bertz CT molecular complexity index is 974. The van der Waals surface area contributed by atoms with Crippen LogP contribution in [0, 0.1) is 0 Å². The first-order valence-corrected chi connectivity index (χ1v) is 9.64. The Hall–Kier alpha value is -2.94. The SMILES string of the molecule is COc1ccc(S(=O)(=O)Nc2ccc3c(c2)OCCN3C(C)=O)c(OC)c1. The first-order chi connectivity index (χ1) is 12.9. The topological polar surface area (TPSA) is 94.2 Å². The number of methoxy groups -OCH3 is 2. The van der Waals surface area contributed by atoms with Crippen LogP contribution in [0.25, 0.3) is 0 Å². The van der Waals surface area contributed by atoms with Gasteiger partial charge < -0.3 is 19.1 Å². The summed E-state index contributed by atoms with van der Waals surface area (Å²) in [5.74, 6) is 0.991. The number of carbonyl (C=O) groups excluding carboxylic acids is 1. The molecule has 0 saturated heterocycles. The average Bonchev–Trinajstić information content (AvgIpc) is 2.66. The van der Waals surface area contributed by atoms with Crippen molar-refractivity contribution in [3.05, 3.63) is 36.4 Å². The monoisotopic (exact) mass is 392 g/mol. The maximum Gasteiger partial charge on any atom is 0.265 e. The molecule has 1 amide bonds. The number of carbonyl (C=O) groups is 1. The number of benzene rings is 2. The number of fused-ring (bicyclic) bond motifs is 1. The van der Waals surface area contributed by atoms with E-state index in [-0.39, 0.29) is 16.6 Å². The Morgan fingerprint density at radius 1 is 1.15 bits per heavy atom. The van der Waals surface area contributed by atoms with Gasteiger partial charge in [0.2, 0.25) is 5.91 Å². The largest absolute Gasteiger partial charge is 0.497 e. The fourth-order valence-electron chi connectivity index (χ4n) is 2.82. The highest BCUT2D eigenvalue weighted by molar-refractivity contribution is 7.92. The van der Waals surface area contributed by atoms with Crippen LogP contribution in [0.1, 0.15) is 6.92 Å². The minimum absolute atomic E-state index is 0.0187. The van der Waals surface area contributed by atoms with Gasteiger partial charge in [-0.05, 0) is 24.3 Å². The van der Waals surface area contributed by atoms with Crippen LogP contribution >= 0.6 is 0 Å². The lowest BCUT2D eigenvalue weighted by atomic mass is 10.2. The highest BCUT2D eigenvalue weighted by atomic mass is 32.2. The van der Waals surface area contributed by atoms with Crippen molar-refractivity contribution in [3.8, 4) is 17.2 Å². The van der Waals surface area contributed by atoms with Gasteiger partial charge >= 0.3 is 0 Å². The minimum Gasteiger partial charge on any atom is -0.497 e. The van der Waals surface area contributed by atoms with Crippen molar-refractivity contribution in [1.29, 1.82) is 0 Å². The molecule has 1 heterocycles. The van der Waals surface area contributed by atoms with Crippen molar-refractivity contribution in [3.63, 3.8) is 0 Å². The Morgan fingerprint density at radius 3 is 2.59 bits per heavy atom. The second kappa shape index (κ2) is 7.36. The van der Waals surface area contributed by atoms with Crippen molar-refractivity contribution in [2.45, 2.75) is 11.8 Å². The van der Waals surface area contributed by atoms with E-state index in [1.165, 1.54) is 39.3 Å². The Kier molecular flexibility index (Phi) is 5.13. The smallest absolute Gasteiger partial charge is 0.265 e. The molecule has 1 aliphatic rings. The van der Waals surface area contributed by atoms with Gasteiger partial charge in [-0.25, -0.2) is 8.42 Å². The number of nitrogens with zero attached hydrogens (tertiary/aromatic N) is 1. The number of nitrogens with one attached hydrogen (secondary N) is 1. The standard InChI is InChI=1S/C18H20N2O6S/c1-12(21)20-8-9-26-16-10-13(4-6-15(16)20)19-27(22,23)18-7-5-14(24-2)11-17(18)25-3/h4-7,10-11,19H,8-9H2,1-3H3. The van der Waals surface area contributed by atoms with Crippen molar-refractivity contribution >= 4 is 27.3 Å². The lowest BCUT2D eigenvalue weighted by molar-refractivity contribution is -0.116. The van der Waals surface area contributed by atoms with E-state index in [1.54, 1.807) is 23.1 Å². The zero-order valence-electron chi connectivity index (χ0n) is 15.2. The molecule has 2 aromatic rings. The van der Waals surface area contributed by atoms with Crippen LogP contribution < -0.4 is 23.8 Å². The summed E-state index contributed by atoms with van der Waals surface area (Å²) in [5, 5.41) is 0. The third kappa shape index (κ3) is 3.77. The summed E-state index contributed by atoms with van der Waals surface area (Å²) in [4.78, 5) is 13.3. The summed E-state index contributed by atoms with van der Waals surface area (Å²) in [6.07, 6.45) is 0. The van der Waals surface area contributed by atoms with E-state index in [2.05, 4.69) is 4.72 Å². The van der Waals surface area contributed by atoms with Crippen LogP contribution in [0.2, 0.25) is 0 Å². The summed E-state index contributed by atoms with van der Waals surface area (Å²) in [5.41, 5.74) is 0.927. The predicted octanol–water partition coefficient (Wildman–Crippen LogP) is 2.25. The molecule has 144 valence electrons. The molecule has 3 rings (SSSR count). The summed E-state index contributed by atoms with van der Waals surface area (Å²) in [6.45, 7) is 2.27. The van der Waals surface area contributed by atoms with Crippen molar-refractivity contribution in [2.75, 3.05) is 37.0 Å². The molecule has 1 aliphatic heterocycles. The average molecular weight is 392 g/mol. The minimum atomic E-state index is -3.90. The summed E-state index contributed by atoms with van der Waals surface area (Å²) in [6, 6.07) is 9.23. The van der Waals surface area contributed by atoms with Crippen molar-refractivity contribution < 1.29 is 27.4 Å². The molecule has 1 N–H and O–H groups in total. The number of hydrogen-bond acceptors (Lipinski definition) is 6. The normalized spacial score (nSPS) is 13.4. The molecule has 0 fully saturated rings. The van der Waals surface area contributed by atoms with Crippen molar-refractivity contribution in [2.24, 2.45) is 0 Å². The van der Waals surface area contributed by atoms with Gasteiger partial charge in [-0.1, -0.05) is 0 Å². The van der Waals surface area contributed by atoms with E-state index in [1.807, 2.05) is 0 Å². The molecule has 27 heavy (non-hydrogen) atoms. The van der Waals surface area contributed by atoms with E-state index < -0.39 is 10.0 Å². The Labute approximate surface area is 157 Å². The Balaban J connectivity index is 1.92. The molecule has 0 saturated carbocycles. The summed E-state index contributed by atoms with van der Waals surface area (Å²) < 4.78 is 43.9. The highest BCUT2D eigenvalue weighted by Gasteiger charge is 2.24.